The molecule has 0 nitrogen and oxygen atoms in total. The first-order chi connectivity index (χ1) is 2.91. The quantitative estimate of drug-likeness (QED) is 0.398. The Morgan fingerprint density at radius 3 is 2.00 bits per heavy atom. The Hall–Kier alpha value is 1.10. The summed E-state index contributed by atoms with van der Waals surface area (Å²) in [5.41, 5.74) is 0. The maximum atomic E-state index is 2.21. The predicted octanol–water partition coefficient (Wildman–Crippen LogP) is 2.98. The molecule has 0 heterocycles. The Kier molecular flexibility index (Phi) is 31.5. The minimum atomic E-state index is 0. The maximum Gasteiger partial charge on any atom is 0 e. The van der Waals surface area contributed by atoms with Crippen LogP contribution in [0.4, 0.5) is 0 Å². The van der Waals surface area contributed by atoms with E-state index in [0.29, 0.717) is 0 Å². The molecule has 2 heteroatoms. The minimum Gasteiger partial charge on any atom is -0.332 e. The second-order valence-corrected chi connectivity index (χ2v) is 1.55. The Morgan fingerprint density at radius 2 is 1.88 bits per heavy atom. The number of hydrogen-bond donors (Lipinski definition) is 0. The van der Waals surface area contributed by atoms with Gasteiger partial charge in [0, 0.05) is 19.5 Å². The second kappa shape index (κ2) is 15.7. The van der Waals surface area contributed by atoms with Crippen molar-refractivity contribution in [3.8, 4) is 0 Å². The van der Waals surface area contributed by atoms with E-state index >= 15 is 0 Å². The van der Waals surface area contributed by atoms with Crippen LogP contribution in [0.15, 0.2) is 0 Å². The van der Waals surface area contributed by atoms with Crippen molar-refractivity contribution in [2.24, 2.45) is 0 Å². The first kappa shape index (κ1) is 16.0. The van der Waals surface area contributed by atoms with Gasteiger partial charge in [0.05, 0.1) is 0 Å². The SMILES string of the molecule is Br.C[CH-]CCCC.[Zn]. The fourth-order valence-electron chi connectivity index (χ4n) is 0.408. The first-order valence-corrected chi connectivity index (χ1v) is 2.69. The number of rotatable bonds is 3. The molecule has 0 unspecified atom stereocenters. The van der Waals surface area contributed by atoms with Crippen LogP contribution in [0.25, 0.3) is 0 Å². The number of halogens is 1. The van der Waals surface area contributed by atoms with E-state index in [1.54, 1.807) is 0 Å². The van der Waals surface area contributed by atoms with Crippen LogP contribution >= 0.6 is 17.0 Å². The molecule has 0 bridgehead atoms. The van der Waals surface area contributed by atoms with E-state index in [-0.39, 0.29) is 36.5 Å². The van der Waals surface area contributed by atoms with Gasteiger partial charge >= 0.3 is 0 Å². The molecule has 0 aromatic carbocycles. The summed E-state index contributed by atoms with van der Waals surface area (Å²) in [7, 11) is 0. The predicted molar refractivity (Wildman–Crippen MR) is 39.8 cm³/mol. The van der Waals surface area contributed by atoms with E-state index in [9.17, 15) is 0 Å². The van der Waals surface area contributed by atoms with Crippen LogP contribution < -0.4 is 0 Å². The zero-order valence-electron chi connectivity index (χ0n) is 5.81. The van der Waals surface area contributed by atoms with Crippen LogP contribution in [-0.2, 0) is 19.5 Å². The van der Waals surface area contributed by atoms with Crippen molar-refractivity contribution in [1.82, 2.24) is 0 Å². The van der Waals surface area contributed by atoms with Crippen LogP contribution in [0, 0.1) is 6.42 Å². The summed E-state index contributed by atoms with van der Waals surface area (Å²) in [5, 5.41) is 0. The Morgan fingerprint density at radius 1 is 1.38 bits per heavy atom. The van der Waals surface area contributed by atoms with Gasteiger partial charge in [-0.3, -0.25) is 0 Å². The normalized spacial score (nSPS) is 6.75. The maximum absolute atomic E-state index is 2.21. The van der Waals surface area contributed by atoms with Gasteiger partial charge in [0.2, 0.25) is 0 Å². The van der Waals surface area contributed by atoms with Gasteiger partial charge in [-0.05, 0) is 0 Å². The number of hydrogen-bond acceptors (Lipinski definition) is 0. The molecule has 0 atom stereocenters. The molecule has 0 aromatic rings. The summed E-state index contributed by atoms with van der Waals surface area (Å²) in [4.78, 5) is 0. The molecule has 8 heavy (non-hydrogen) atoms. The summed E-state index contributed by atoms with van der Waals surface area (Å²) in [5.74, 6) is 0. The Labute approximate surface area is 76.0 Å². The van der Waals surface area contributed by atoms with Crippen LogP contribution in [0.5, 0.6) is 0 Å². The molecule has 0 spiro atoms. The van der Waals surface area contributed by atoms with E-state index in [1.165, 1.54) is 19.3 Å². The standard InChI is InChI=1S/C6H13.BrH.Zn/c1-3-5-6-4-2;;/h3H,4-6H2,1-2H3;1H;/q-1;;. The van der Waals surface area contributed by atoms with Crippen molar-refractivity contribution in [2.45, 2.75) is 33.1 Å². The van der Waals surface area contributed by atoms with E-state index in [0.717, 1.165) is 0 Å². The Bertz CT molecular complexity index is 20.5. The van der Waals surface area contributed by atoms with Crippen molar-refractivity contribution >= 4 is 17.0 Å². The average molecular weight is 231 g/mol. The third kappa shape index (κ3) is 15.7. The van der Waals surface area contributed by atoms with Crippen LogP contribution in [0.3, 0.4) is 0 Å². The molecule has 0 aliphatic carbocycles. The van der Waals surface area contributed by atoms with E-state index < -0.39 is 0 Å². The fraction of sp³-hybridized carbons (Fsp3) is 0.833. The molecule has 0 aliphatic heterocycles. The van der Waals surface area contributed by atoms with Crippen molar-refractivity contribution in [1.29, 1.82) is 0 Å². The van der Waals surface area contributed by atoms with Crippen molar-refractivity contribution < 1.29 is 19.5 Å². The van der Waals surface area contributed by atoms with Crippen molar-refractivity contribution in [3.05, 3.63) is 6.42 Å². The second-order valence-electron chi connectivity index (χ2n) is 1.55. The Balaban J connectivity index is -0.000000125. The molecule has 0 aromatic heterocycles. The molecule has 0 fully saturated rings. The first-order valence-electron chi connectivity index (χ1n) is 2.69. The third-order valence-electron chi connectivity index (χ3n) is 0.846. The van der Waals surface area contributed by atoms with Gasteiger partial charge in [0.25, 0.3) is 0 Å². The van der Waals surface area contributed by atoms with Gasteiger partial charge in [0.15, 0.2) is 0 Å². The van der Waals surface area contributed by atoms with Gasteiger partial charge in [-0.1, -0.05) is 19.8 Å². The molecule has 0 aliphatic rings. The average Bonchev–Trinajstić information content (AvgIpc) is 1.61. The van der Waals surface area contributed by atoms with Crippen molar-refractivity contribution in [2.75, 3.05) is 0 Å². The molecule has 0 amide bonds. The number of unbranched alkanes of at least 4 members (excludes halogenated alkanes) is 3. The largest absolute Gasteiger partial charge is 0.332 e. The molecule has 0 N–H and O–H groups in total. The van der Waals surface area contributed by atoms with E-state index in [2.05, 4.69) is 20.3 Å². The molecule has 0 rings (SSSR count). The van der Waals surface area contributed by atoms with Gasteiger partial charge in [0.1, 0.15) is 0 Å². The minimum absolute atomic E-state index is 0. The molecule has 0 saturated heterocycles. The fourth-order valence-corrected chi connectivity index (χ4v) is 0.408. The molecule has 48 valence electrons. The summed E-state index contributed by atoms with van der Waals surface area (Å²) in [6, 6.07) is 0. The van der Waals surface area contributed by atoms with Gasteiger partial charge < -0.3 is 6.42 Å². The van der Waals surface area contributed by atoms with Crippen LogP contribution in [0.2, 0.25) is 0 Å². The van der Waals surface area contributed by atoms with Crippen molar-refractivity contribution in [3.63, 3.8) is 0 Å². The summed E-state index contributed by atoms with van der Waals surface area (Å²) in [6.45, 7) is 4.32. The molecular weight excluding hydrogens is 217 g/mol. The molecular formula is C6H14BrZn-. The summed E-state index contributed by atoms with van der Waals surface area (Å²) >= 11 is 0. The van der Waals surface area contributed by atoms with Crippen LogP contribution in [0.1, 0.15) is 33.1 Å². The summed E-state index contributed by atoms with van der Waals surface area (Å²) < 4.78 is 0. The van der Waals surface area contributed by atoms with E-state index in [4.69, 9.17) is 0 Å². The molecule has 0 radical (unpaired) electrons. The zero-order valence-corrected chi connectivity index (χ0v) is 10.5. The molecule has 0 saturated carbocycles. The summed E-state index contributed by atoms with van der Waals surface area (Å²) in [6.07, 6.45) is 6.18. The smallest absolute Gasteiger partial charge is 0 e. The topological polar surface area (TPSA) is 0 Å². The monoisotopic (exact) mass is 229 g/mol. The van der Waals surface area contributed by atoms with E-state index in [1.807, 2.05) is 0 Å². The zero-order chi connectivity index (χ0) is 4.83. The van der Waals surface area contributed by atoms with Gasteiger partial charge in [-0.2, -0.15) is 13.3 Å². The van der Waals surface area contributed by atoms with Gasteiger partial charge in [-0.25, -0.2) is 0 Å². The van der Waals surface area contributed by atoms with Crippen LogP contribution in [-0.4, -0.2) is 0 Å². The van der Waals surface area contributed by atoms with Gasteiger partial charge in [-0.15, -0.1) is 17.0 Å². The third-order valence-corrected chi connectivity index (χ3v) is 0.846.